The number of nitrogens with one attached hydrogen (secondary N) is 2. The van der Waals surface area contributed by atoms with Gasteiger partial charge in [-0.2, -0.15) is 0 Å². The smallest absolute Gasteiger partial charge is 0.328 e. The molecule has 43 heavy (non-hydrogen) atoms. The van der Waals surface area contributed by atoms with Crippen LogP contribution in [-0.4, -0.2) is 85.2 Å². The van der Waals surface area contributed by atoms with Gasteiger partial charge in [-0.15, -0.1) is 0 Å². The summed E-state index contributed by atoms with van der Waals surface area (Å²) in [6.45, 7) is 7.71. The Balaban J connectivity index is 1.36. The summed E-state index contributed by atoms with van der Waals surface area (Å²) < 4.78 is 16.8. The number of pyridine rings is 1. The van der Waals surface area contributed by atoms with E-state index in [4.69, 9.17) is 18.9 Å². The third kappa shape index (κ3) is 5.03. The third-order valence-corrected chi connectivity index (χ3v) is 7.96. The zero-order chi connectivity index (χ0) is 30.5. The molecule has 0 aliphatic carbocycles. The molecule has 0 radical (unpaired) electrons. The van der Waals surface area contributed by atoms with Crippen molar-refractivity contribution < 1.29 is 33.1 Å². The van der Waals surface area contributed by atoms with Crippen LogP contribution in [0.15, 0.2) is 40.8 Å². The topological polar surface area (TPSA) is 147 Å². The van der Waals surface area contributed by atoms with Crippen LogP contribution in [-0.2, 0) is 26.4 Å². The van der Waals surface area contributed by atoms with Gasteiger partial charge in [-0.05, 0) is 50.6 Å². The van der Waals surface area contributed by atoms with Crippen molar-refractivity contribution in [3.63, 3.8) is 0 Å². The zero-order valence-electron chi connectivity index (χ0n) is 24.6. The van der Waals surface area contributed by atoms with Gasteiger partial charge in [-0.3, -0.25) is 14.4 Å². The van der Waals surface area contributed by atoms with Crippen molar-refractivity contribution in [1.82, 2.24) is 25.4 Å². The van der Waals surface area contributed by atoms with Crippen molar-refractivity contribution >= 4 is 40.7 Å². The SMILES string of the molecule is COc1ccc2c(c1)C(=O)N(C[C@@]1(c3cc4nc(N5CCNCC5)ccc4o3)NC(=O)N(COC(=O)C(C)(C)C)C1=O)C2. The van der Waals surface area contributed by atoms with E-state index in [1.54, 1.807) is 51.1 Å². The normalized spacial score (nSPS) is 20.6. The highest BCUT2D eigenvalue weighted by Gasteiger charge is 2.57. The number of nitrogens with zero attached hydrogens (tertiary/aromatic N) is 4. The van der Waals surface area contributed by atoms with Crippen LogP contribution < -0.4 is 20.3 Å². The number of fused-ring (bicyclic) bond motifs is 2. The molecule has 4 amide bonds. The molecule has 0 bridgehead atoms. The standard InChI is InChI=1S/C30H34N6O7/c1-29(2,3)27(39)42-17-36-26(38)30(33-28(36)40,16-35-15-18-5-6-19(41-4)13-20(18)25(35)37)23-14-21-22(43-23)7-8-24(32-21)34-11-9-31-10-12-34/h5-8,13-14,31H,9-12,15-17H2,1-4H3,(H,33,40)/t30-/m0/s1. The number of ether oxygens (including phenoxy) is 2. The highest BCUT2D eigenvalue weighted by atomic mass is 16.5. The van der Waals surface area contributed by atoms with Crippen LogP contribution in [0, 0.1) is 5.41 Å². The predicted octanol–water partition coefficient (Wildman–Crippen LogP) is 2.20. The quantitative estimate of drug-likeness (QED) is 0.310. The van der Waals surface area contributed by atoms with Crippen molar-refractivity contribution in [3.05, 3.63) is 53.3 Å². The summed E-state index contributed by atoms with van der Waals surface area (Å²) in [4.78, 5) is 62.7. The number of benzene rings is 1. The molecule has 2 fully saturated rings. The number of anilines is 1. The molecule has 6 rings (SSSR count). The van der Waals surface area contributed by atoms with Crippen LogP contribution in [0.25, 0.3) is 11.1 Å². The molecular weight excluding hydrogens is 556 g/mol. The number of rotatable bonds is 7. The first-order valence-corrected chi connectivity index (χ1v) is 14.1. The maximum absolute atomic E-state index is 14.2. The Bertz CT molecular complexity index is 1620. The Hall–Kier alpha value is -4.65. The van der Waals surface area contributed by atoms with Crippen molar-refractivity contribution in [2.24, 2.45) is 5.41 Å². The average molecular weight is 591 g/mol. The summed E-state index contributed by atoms with van der Waals surface area (Å²) in [7, 11) is 1.52. The number of furan rings is 1. The van der Waals surface area contributed by atoms with Gasteiger partial charge in [-0.25, -0.2) is 14.7 Å². The summed E-state index contributed by atoms with van der Waals surface area (Å²) in [5.41, 5.74) is -0.477. The summed E-state index contributed by atoms with van der Waals surface area (Å²) in [6.07, 6.45) is 0. The second-order valence-electron chi connectivity index (χ2n) is 12.0. The lowest BCUT2D eigenvalue weighted by Crippen LogP contribution is -2.52. The van der Waals surface area contributed by atoms with Crippen LogP contribution in [0.1, 0.15) is 42.5 Å². The molecule has 2 aromatic heterocycles. The largest absolute Gasteiger partial charge is 0.497 e. The van der Waals surface area contributed by atoms with Gasteiger partial charge >= 0.3 is 12.0 Å². The van der Waals surface area contributed by atoms with Crippen molar-refractivity contribution in [2.45, 2.75) is 32.9 Å². The average Bonchev–Trinajstić information content (AvgIpc) is 3.63. The Labute approximate surface area is 248 Å². The van der Waals surface area contributed by atoms with Gasteiger partial charge in [0.1, 0.15) is 22.8 Å². The van der Waals surface area contributed by atoms with Crippen LogP contribution >= 0.6 is 0 Å². The van der Waals surface area contributed by atoms with Gasteiger partial charge in [0, 0.05) is 44.4 Å². The summed E-state index contributed by atoms with van der Waals surface area (Å²) in [5.74, 6) is -0.170. The van der Waals surface area contributed by atoms with Crippen molar-refractivity contribution in [3.8, 4) is 5.75 Å². The van der Waals surface area contributed by atoms with E-state index in [1.807, 2.05) is 6.07 Å². The van der Waals surface area contributed by atoms with E-state index in [-0.39, 0.29) is 24.8 Å². The van der Waals surface area contributed by atoms with Crippen LogP contribution in [0.2, 0.25) is 0 Å². The maximum Gasteiger partial charge on any atom is 0.328 e. The number of carbonyl (C=O) groups is 4. The van der Waals surface area contributed by atoms with E-state index in [0.29, 0.717) is 22.4 Å². The predicted molar refractivity (Wildman–Crippen MR) is 154 cm³/mol. The molecule has 2 N–H and O–H groups in total. The summed E-state index contributed by atoms with van der Waals surface area (Å²) >= 11 is 0. The molecule has 13 heteroatoms. The van der Waals surface area contributed by atoms with Gasteiger partial charge in [0.25, 0.3) is 11.8 Å². The lowest BCUT2D eigenvalue weighted by molar-refractivity contribution is -0.158. The number of hydrogen-bond donors (Lipinski definition) is 2. The number of hydrogen-bond acceptors (Lipinski definition) is 10. The lowest BCUT2D eigenvalue weighted by atomic mass is 9.95. The molecule has 1 aromatic carbocycles. The highest BCUT2D eigenvalue weighted by Crippen LogP contribution is 2.37. The number of urea groups is 1. The van der Waals surface area contributed by atoms with E-state index in [2.05, 4.69) is 15.5 Å². The van der Waals surface area contributed by atoms with E-state index in [1.165, 1.54) is 12.0 Å². The monoisotopic (exact) mass is 590 g/mol. The number of methoxy groups -OCH3 is 1. The molecule has 3 aliphatic rings. The fourth-order valence-electron chi connectivity index (χ4n) is 5.51. The molecule has 0 unspecified atom stereocenters. The first kappa shape index (κ1) is 28.5. The highest BCUT2D eigenvalue weighted by molar-refractivity contribution is 6.08. The van der Waals surface area contributed by atoms with Gasteiger partial charge < -0.3 is 34.3 Å². The van der Waals surface area contributed by atoms with Crippen LogP contribution in [0.5, 0.6) is 5.75 Å². The number of amides is 4. The van der Waals surface area contributed by atoms with E-state index in [9.17, 15) is 19.2 Å². The molecule has 1 atom stereocenters. The Morgan fingerprint density at radius 1 is 1.09 bits per heavy atom. The minimum absolute atomic E-state index is 0.122. The van der Waals surface area contributed by atoms with E-state index < -0.39 is 35.6 Å². The fourth-order valence-corrected chi connectivity index (χ4v) is 5.51. The maximum atomic E-state index is 14.2. The summed E-state index contributed by atoms with van der Waals surface area (Å²) in [6, 6.07) is 9.71. The minimum Gasteiger partial charge on any atom is -0.497 e. The molecule has 3 aromatic rings. The molecular formula is C30H34N6O7. The van der Waals surface area contributed by atoms with Crippen LogP contribution in [0.3, 0.4) is 0 Å². The fraction of sp³-hybridized carbons (Fsp3) is 0.433. The van der Waals surface area contributed by atoms with E-state index in [0.717, 1.165) is 42.5 Å². The molecule has 5 heterocycles. The lowest BCUT2D eigenvalue weighted by Gasteiger charge is -2.29. The van der Waals surface area contributed by atoms with Gasteiger partial charge in [0.05, 0.1) is 19.1 Å². The van der Waals surface area contributed by atoms with Crippen molar-refractivity contribution in [1.29, 1.82) is 0 Å². The number of imide groups is 1. The summed E-state index contributed by atoms with van der Waals surface area (Å²) in [5, 5.41) is 6.09. The zero-order valence-corrected chi connectivity index (χ0v) is 24.6. The van der Waals surface area contributed by atoms with Gasteiger partial charge in [-0.1, -0.05) is 6.07 Å². The Morgan fingerprint density at radius 2 is 1.86 bits per heavy atom. The molecule has 0 spiro atoms. The van der Waals surface area contributed by atoms with Gasteiger partial charge in [0.15, 0.2) is 17.9 Å². The third-order valence-electron chi connectivity index (χ3n) is 7.96. The number of esters is 1. The van der Waals surface area contributed by atoms with Crippen LogP contribution in [0.4, 0.5) is 10.6 Å². The number of carbonyl (C=O) groups excluding carboxylic acids is 4. The van der Waals surface area contributed by atoms with E-state index >= 15 is 0 Å². The number of piperazine rings is 1. The first-order chi connectivity index (χ1) is 20.5. The minimum atomic E-state index is -1.79. The Kier molecular flexibility index (Phi) is 6.99. The molecule has 0 saturated carbocycles. The Morgan fingerprint density at radius 3 is 2.58 bits per heavy atom. The molecule has 226 valence electrons. The second kappa shape index (κ2) is 10.6. The molecule has 2 saturated heterocycles. The molecule has 3 aliphatic heterocycles. The number of aromatic nitrogens is 1. The molecule has 13 nitrogen and oxygen atoms in total. The van der Waals surface area contributed by atoms with Crippen molar-refractivity contribution in [2.75, 3.05) is 51.5 Å². The second-order valence-corrected chi connectivity index (χ2v) is 12.0. The van der Waals surface area contributed by atoms with Gasteiger partial charge in [0.2, 0.25) is 0 Å². The first-order valence-electron chi connectivity index (χ1n) is 14.1.